The molecule has 2 saturated heterocycles. The third-order valence-electron chi connectivity index (χ3n) is 6.84. The predicted molar refractivity (Wildman–Crippen MR) is 110 cm³/mol. The van der Waals surface area contributed by atoms with Crippen LogP contribution in [0.1, 0.15) is 45.4 Å². The fraction of sp³-hybridized carbons (Fsp3) is 0.591. The molecule has 29 heavy (non-hydrogen) atoms. The molecule has 2 aliphatic heterocycles. The predicted octanol–water partition coefficient (Wildman–Crippen LogP) is 2.80. The lowest BCUT2D eigenvalue weighted by Crippen LogP contribution is -2.54. The number of urea groups is 1. The maximum atomic E-state index is 13.1. The first-order valence-electron chi connectivity index (χ1n) is 10.7. The standard InChI is InChI=1S/C22H30N4O3/c1-16-7-5-6-12-22(16)20(28)26(21(29)24-22)15-25-13-10-17(11-14-25)19(27)23-18-8-3-2-4-9-18/h2-4,8-9,16-17H,5-7,10-15H2,1H3,(H,23,27)(H,24,29)/t16-,22-/m0/s1. The Labute approximate surface area is 171 Å². The van der Waals surface area contributed by atoms with Crippen LogP contribution in [0.4, 0.5) is 10.5 Å². The van der Waals surface area contributed by atoms with Gasteiger partial charge in [0.15, 0.2) is 0 Å². The smallest absolute Gasteiger partial charge is 0.326 e. The van der Waals surface area contributed by atoms with Crippen molar-refractivity contribution in [2.45, 2.75) is 51.0 Å². The number of hydrogen-bond donors (Lipinski definition) is 2. The van der Waals surface area contributed by atoms with E-state index in [1.54, 1.807) is 0 Å². The monoisotopic (exact) mass is 398 g/mol. The van der Waals surface area contributed by atoms with Crippen molar-refractivity contribution in [1.29, 1.82) is 0 Å². The van der Waals surface area contributed by atoms with Gasteiger partial charge in [0.1, 0.15) is 5.54 Å². The van der Waals surface area contributed by atoms with Gasteiger partial charge < -0.3 is 10.6 Å². The summed E-state index contributed by atoms with van der Waals surface area (Å²) in [7, 11) is 0. The van der Waals surface area contributed by atoms with Crippen LogP contribution in [-0.2, 0) is 9.59 Å². The molecule has 1 aliphatic carbocycles. The van der Waals surface area contributed by atoms with Crippen LogP contribution in [0.5, 0.6) is 0 Å². The molecule has 0 unspecified atom stereocenters. The second-order valence-corrected chi connectivity index (χ2v) is 8.67. The average molecular weight is 399 g/mol. The van der Waals surface area contributed by atoms with Crippen molar-refractivity contribution < 1.29 is 14.4 Å². The van der Waals surface area contributed by atoms with Gasteiger partial charge in [-0.1, -0.05) is 38.0 Å². The summed E-state index contributed by atoms with van der Waals surface area (Å²) in [6, 6.07) is 9.21. The number of anilines is 1. The van der Waals surface area contributed by atoms with Gasteiger partial charge in [0.2, 0.25) is 5.91 Å². The Kier molecular flexibility index (Phi) is 5.58. The number of likely N-dealkylation sites (tertiary alicyclic amines) is 1. The van der Waals surface area contributed by atoms with Crippen LogP contribution < -0.4 is 10.6 Å². The van der Waals surface area contributed by atoms with Gasteiger partial charge in [0.25, 0.3) is 5.91 Å². The first-order valence-corrected chi connectivity index (χ1v) is 10.7. The highest BCUT2D eigenvalue weighted by Gasteiger charge is 2.55. The van der Waals surface area contributed by atoms with Crippen molar-refractivity contribution >= 4 is 23.5 Å². The second-order valence-electron chi connectivity index (χ2n) is 8.67. The molecule has 3 aliphatic rings. The Morgan fingerprint density at radius 1 is 1.14 bits per heavy atom. The molecule has 4 rings (SSSR count). The zero-order chi connectivity index (χ0) is 20.4. The van der Waals surface area contributed by atoms with Gasteiger partial charge in [-0.3, -0.25) is 14.5 Å². The number of rotatable bonds is 4. The van der Waals surface area contributed by atoms with E-state index >= 15 is 0 Å². The van der Waals surface area contributed by atoms with Crippen molar-refractivity contribution in [2.24, 2.45) is 11.8 Å². The van der Waals surface area contributed by atoms with E-state index in [1.807, 2.05) is 30.3 Å². The van der Waals surface area contributed by atoms with E-state index in [0.717, 1.165) is 44.2 Å². The summed E-state index contributed by atoms with van der Waals surface area (Å²) in [4.78, 5) is 41.7. The topological polar surface area (TPSA) is 81.8 Å². The number of carbonyl (C=O) groups is 3. The molecule has 2 heterocycles. The summed E-state index contributed by atoms with van der Waals surface area (Å²) < 4.78 is 0. The summed E-state index contributed by atoms with van der Waals surface area (Å²) in [6.45, 7) is 3.78. The summed E-state index contributed by atoms with van der Waals surface area (Å²) >= 11 is 0. The lowest BCUT2D eigenvalue weighted by Gasteiger charge is -2.37. The zero-order valence-electron chi connectivity index (χ0n) is 17.0. The van der Waals surface area contributed by atoms with Crippen LogP contribution in [-0.4, -0.2) is 52.9 Å². The van der Waals surface area contributed by atoms with Crippen LogP contribution in [0.25, 0.3) is 0 Å². The van der Waals surface area contributed by atoms with Gasteiger partial charge in [0.05, 0.1) is 6.67 Å². The summed E-state index contributed by atoms with van der Waals surface area (Å²) in [5.41, 5.74) is 0.106. The maximum Gasteiger partial charge on any atom is 0.326 e. The van der Waals surface area contributed by atoms with Crippen LogP contribution >= 0.6 is 0 Å². The van der Waals surface area contributed by atoms with E-state index in [4.69, 9.17) is 0 Å². The fourth-order valence-corrected chi connectivity index (χ4v) is 4.93. The highest BCUT2D eigenvalue weighted by atomic mass is 16.2. The minimum Gasteiger partial charge on any atom is -0.326 e. The molecule has 0 radical (unpaired) electrons. The van der Waals surface area contributed by atoms with Crippen LogP contribution in [0.3, 0.4) is 0 Å². The number of nitrogens with one attached hydrogen (secondary N) is 2. The third-order valence-corrected chi connectivity index (χ3v) is 6.84. The van der Waals surface area contributed by atoms with E-state index in [9.17, 15) is 14.4 Å². The molecule has 0 bridgehead atoms. The number of benzene rings is 1. The van der Waals surface area contributed by atoms with Crippen molar-refractivity contribution in [1.82, 2.24) is 15.1 Å². The maximum absolute atomic E-state index is 13.1. The fourth-order valence-electron chi connectivity index (χ4n) is 4.93. The minimum atomic E-state index is -0.705. The number of nitrogens with zero attached hydrogens (tertiary/aromatic N) is 2. The number of imide groups is 1. The normalized spacial score (nSPS) is 28.6. The highest BCUT2D eigenvalue weighted by Crippen LogP contribution is 2.38. The lowest BCUT2D eigenvalue weighted by molar-refractivity contribution is -0.136. The highest BCUT2D eigenvalue weighted by molar-refractivity contribution is 6.07. The Morgan fingerprint density at radius 2 is 1.86 bits per heavy atom. The first-order chi connectivity index (χ1) is 14.0. The quantitative estimate of drug-likeness (QED) is 0.764. The SMILES string of the molecule is C[C@H]1CCCC[C@]12NC(=O)N(CN1CCC(C(=O)Nc3ccccc3)CC1)C2=O. The van der Waals surface area contributed by atoms with Gasteiger partial charge in [-0.2, -0.15) is 0 Å². The van der Waals surface area contributed by atoms with Crippen molar-refractivity contribution in [3.8, 4) is 0 Å². The summed E-state index contributed by atoms with van der Waals surface area (Å²) in [6.07, 6.45) is 5.25. The Morgan fingerprint density at radius 3 is 2.55 bits per heavy atom. The molecule has 3 fully saturated rings. The van der Waals surface area contributed by atoms with E-state index in [0.29, 0.717) is 19.8 Å². The number of amides is 4. The Balaban J connectivity index is 1.31. The Bertz CT molecular complexity index is 776. The molecule has 2 atom stereocenters. The van der Waals surface area contributed by atoms with Crippen LogP contribution in [0.15, 0.2) is 30.3 Å². The van der Waals surface area contributed by atoms with Gasteiger partial charge in [-0.15, -0.1) is 0 Å². The second kappa shape index (κ2) is 8.14. The molecule has 4 amide bonds. The number of para-hydroxylation sites is 1. The van der Waals surface area contributed by atoms with E-state index in [1.165, 1.54) is 4.90 Å². The number of piperidine rings is 1. The average Bonchev–Trinajstić information content (AvgIpc) is 2.96. The molecule has 0 aromatic heterocycles. The third kappa shape index (κ3) is 3.88. The van der Waals surface area contributed by atoms with Crippen molar-refractivity contribution in [3.05, 3.63) is 30.3 Å². The van der Waals surface area contributed by atoms with Gasteiger partial charge in [0, 0.05) is 24.7 Å². The zero-order valence-corrected chi connectivity index (χ0v) is 17.0. The molecule has 7 nitrogen and oxygen atoms in total. The molecule has 156 valence electrons. The molecule has 1 aromatic rings. The first kappa shape index (κ1) is 19.9. The number of hydrogen-bond acceptors (Lipinski definition) is 4. The van der Waals surface area contributed by atoms with E-state index in [2.05, 4.69) is 22.5 Å². The van der Waals surface area contributed by atoms with Crippen molar-refractivity contribution in [2.75, 3.05) is 25.1 Å². The minimum absolute atomic E-state index is 0.0423. The molecular weight excluding hydrogens is 368 g/mol. The molecule has 2 N–H and O–H groups in total. The lowest BCUT2D eigenvalue weighted by atomic mass is 9.73. The molecule has 1 saturated carbocycles. The van der Waals surface area contributed by atoms with Crippen molar-refractivity contribution in [3.63, 3.8) is 0 Å². The van der Waals surface area contributed by atoms with Gasteiger partial charge >= 0.3 is 6.03 Å². The van der Waals surface area contributed by atoms with E-state index < -0.39 is 5.54 Å². The summed E-state index contributed by atoms with van der Waals surface area (Å²) in [5.74, 6) is 0.101. The molecule has 7 heteroatoms. The molecule has 1 aromatic carbocycles. The molecular formula is C22H30N4O3. The number of carbonyl (C=O) groups excluding carboxylic acids is 3. The Hall–Kier alpha value is -2.41. The van der Waals surface area contributed by atoms with Crippen LogP contribution in [0.2, 0.25) is 0 Å². The van der Waals surface area contributed by atoms with Gasteiger partial charge in [-0.25, -0.2) is 9.69 Å². The largest absolute Gasteiger partial charge is 0.326 e. The summed E-state index contributed by atoms with van der Waals surface area (Å²) in [5, 5.41) is 5.98. The van der Waals surface area contributed by atoms with E-state index in [-0.39, 0.29) is 29.7 Å². The van der Waals surface area contributed by atoms with Gasteiger partial charge in [-0.05, 0) is 43.7 Å². The molecule has 1 spiro atoms. The van der Waals surface area contributed by atoms with Crippen LogP contribution in [0, 0.1) is 11.8 Å².